The van der Waals surface area contributed by atoms with Gasteiger partial charge in [-0.2, -0.15) is 0 Å². The van der Waals surface area contributed by atoms with Crippen LogP contribution in [0.1, 0.15) is 21.7 Å². The maximum atomic E-state index is 12.7. The topological polar surface area (TPSA) is 62.5 Å². The zero-order valence-corrected chi connectivity index (χ0v) is 12.0. The van der Waals surface area contributed by atoms with Gasteiger partial charge < -0.3 is 14.3 Å². The maximum Gasteiger partial charge on any atom is 0.258 e. The molecule has 6 heteroatoms. The first-order valence-electron chi connectivity index (χ1n) is 6.77. The Morgan fingerprint density at radius 2 is 1.95 bits per heavy atom. The van der Waals surface area contributed by atoms with E-state index in [4.69, 9.17) is 4.52 Å². The highest BCUT2D eigenvalue weighted by Gasteiger charge is 2.24. The molecule has 6 nitrogen and oxygen atoms in total. The number of aryl methyl sites for hydroxylation is 2. The first-order valence-corrected chi connectivity index (χ1v) is 6.77. The number of hydrogen-bond acceptors (Lipinski definition) is 5. The summed E-state index contributed by atoms with van der Waals surface area (Å²) in [4.78, 5) is 21.1. The van der Waals surface area contributed by atoms with Crippen molar-refractivity contribution in [1.82, 2.24) is 19.9 Å². The molecule has 0 aliphatic carbocycles. The molecule has 2 aromatic rings. The van der Waals surface area contributed by atoms with Crippen LogP contribution >= 0.6 is 0 Å². The van der Waals surface area contributed by atoms with Crippen molar-refractivity contribution < 1.29 is 9.32 Å². The normalized spacial score (nSPS) is 16.9. The van der Waals surface area contributed by atoms with E-state index in [2.05, 4.69) is 22.1 Å². The van der Waals surface area contributed by atoms with Crippen LogP contribution in [0.5, 0.6) is 0 Å². The van der Waals surface area contributed by atoms with Crippen LogP contribution in [0.25, 0.3) is 11.1 Å². The van der Waals surface area contributed by atoms with E-state index < -0.39 is 0 Å². The number of aromatic nitrogens is 2. The van der Waals surface area contributed by atoms with E-state index in [0.29, 0.717) is 17.0 Å². The van der Waals surface area contributed by atoms with E-state index in [0.717, 1.165) is 37.3 Å². The van der Waals surface area contributed by atoms with Crippen molar-refractivity contribution >= 4 is 17.0 Å². The lowest BCUT2D eigenvalue weighted by Crippen LogP contribution is -2.47. The summed E-state index contributed by atoms with van der Waals surface area (Å²) in [7, 11) is 2.07. The molecule has 0 radical (unpaired) electrons. The predicted octanol–water partition coefficient (Wildman–Crippen LogP) is 1.23. The van der Waals surface area contributed by atoms with Gasteiger partial charge in [0.25, 0.3) is 11.6 Å². The maximum absolute atomic E-state index is 12.7. The molecular formula is C14H18N4O2. The minimum atomic E-state index is 0.0416. The third-order valence-electron chi connectivity index (χ3n) is 3.77. The van der Waals surface area contributed by atoms with Gasteiger partial charge in [0, 0.05) is 31.9 Å². The van der Waals surface area contributed by atoms with Gasteiger partial charge in [0.15, 0.2) is 0 Å². The van der Waals surface area contributed by atoms with Crippen LogP contribution in [0, 0.1) is 13.8 Å². The quantitative estimate of drug-likeness (QED) is 0.782. The number of carbonyl (C=O) groups excluding carboxylic acids is 1. The fraction of sp³-hybridized carbons (Fsp3) is 0.500. The average molecular weight is 274 g/mol. The minimum absolute atomic E-state index is 0.0416. The van der Waals surface area contributed by atoms with Gasteiger partial charge in [0.2, 0.25) is 0 Å². The molecular weight excluding hydrogens is 256 g/mol. The van der Waals surface area contributed by atoms with E-state index in [-0.39, 0.29) is 5.91 Å². The summed E-state index contributed by atoms with van der Waals surface area (Å²) in [5.41, 5.74) is 2.58. The Balaban J connectivity index is 2.00. The molecule has 1 amide bonds. The Morgan fingerprint density at radius 3 is 2.65 bits per heavy atom. The molecule has 1 fully saturated rings. The van der Waals surface area contributed by atoms with Crippen molar-refractivity contribution in [2.45, 2.75) is 13.8 Å². The molecule has 0 spiro atoms. The van der Waals surface area contributed by atoms with Gasteiger partial charge >= 0.3 is 0 Å². The molecule has 106 valence electrons. The zero-order chi connectivity index (χ0) is 14.3. The number of pyridine rings is 1. The van der Waals surface area contributed by atoms with Gasteiger partial charge in [-0.3, -0.25) is 4.79 Å². The third kappa shape index (κ3) is 2.16. The fourth-order valence-corrected chi connectivity index (χ4v) is 2.57. The summed E-state index contributed by atoms with van der Waals surface area (Å²) in [6, 6.07) is 1.83. The van der Waals surface area contributed by atoms with Gasteiger partial charge in [-0.15, -0.1) is 0 Å². The number of carbonyl (C=O) groups is 1. The second kappa shape index (κ2) is 4.86. The summed E-state index contributed by atoms with van der Waals surface area (Å²) in [5, 5.41) is 4.66. The Hall–Kier alpha value is -1.95. The Bertz CT molecular complexity index is 656. The molecule has 1 aliphatic rings. The van der Waals surface area contributed by atoms with Crippen LogP contribution in [0.15, 0.2) is 10.6 Å². The number of nitrogens with zero attached hydrogens (tertiary/aromatic N) is 4. The van der Waals surface area contributed by atoms with E-state index in [1.54, 1.807) is 0 Å². The molecule has 2 aromatic heterocycles. The van der Waals surface area contributed by atoms with Crippen molar-refractivity contribution in [2.75, 3.05) is 33.2 Å². The van der Waals surface area contributed by atoms with Crippen LogP contribution in [0.2, 0.25) is 0 Å². The van der Waals surface area contributed by atoms with Gasteiger partial charge in [-0.25, -0.2) is 4.98 Å². The van der Waals surface area contributed by atoms with Crippen molar-refractivity contribution in [3.8, 4) is 0 Å². The number of hydrogen-bond donors (Lipinski definition) is 0. The molecule has 1 aliphatic heterocycles. The van der Waals surface area contributed by atoms with Crippen molar-refractivity contribution in [3.05, 3.63) is 23.0 Å². The molecule has 0 unspecified atom stereocenters. The van der Waals surface area contributed by atoms with Crippen LogP contribution < -0.4 is 0 Å². The number of likely N-dealkylation sites (N-methyl/N-ethyl adjacent to an activating group) is 1. The Morgan fingerprint density at radius 1 is 1.25 bits per heavy atom. The Labute approximate surface area is 117 Å². The lowest BCUT2D eigenvalue weighted by Gasteiger charge is -2.32. The van der Waals surface area contributed by atoms with Crippen molar-refractivity contribution in [3.63, 3.8) is 0 Å². The standard InChI is InChI=1S/C14H18N4O2/c1-9-8-11(12-10(2)16-20-13(12)15-9)14(19)18-6-4-17(3)5-7-18/h8H,4-7H2,1-3H3. The second-order valence-electron chi connectivity index (χ2n) is 5.35. The van der Waals surface area contributed by atoms with Crippen molar-refractivity contribution in [2.24, 2.45) is 0 Å². The SMILES string of the molecule is Cc1cc(C(=O)N2CCN(C)CC2)c2c(C)noc2n1. The minimum Gasteiger partial charge on any atom is -0.336 e. The zero-order valence-electron chi connectivity index (χ0n) is 12.0. The smallest absolute Gasteiger partial charge is 0.258 e. The van der Waals surface area contributed by atoms with Crippen LogP contribution in [-0.2, 0) is 0 Å². The molecule has 0 N–H and O–H groups in total. The molecule has 0 bridgehead atoms. The van der Waals surface area contributed by atoms with Gasteiger partial charge in [-0.05, 0) is 27.0 Å². The van der Waals surface area contributed by atoms with Gasteiger partial charge in [0.1, 0.15) is 0 Å². The third-order valence-corrected chi connectivity index (χ3v) is 3.77. The number of piperazine rings is 1. The summed E-state index contributed by atoms with van der Waals surface area (Å²) >= 11 is 0. The summed E-state index contributed by atoms with van der Waals surface area (Å²) in [6.07, 6.45) is 0. The highest BCUT2D eigenvalue weighted by molar-refractivity contribution is 6.06. The first-order chi connectivity index (χ1) is 9.56. The molecule has 20 heavy (non-hydrogen) atoms. The lowest BCUT2D eigenvalue weighted by molar-refractivity contribution is 0.0666. The van der Waals surface area contributed by atoms with E-state index in [9.17, 15) is 4.79 Å². The number of amides is 1. The van der Waals surface area contributed by atoms with Gasteiger partial charge in [0.05, 0.1) is 16.6 Å². The van der Waals surface area contributed by atoms with Gasteiger partial charge in [-0.1, -0.05) is 5.16 Å². The van der Waals surface area contributed by atoms with Crippen LogP contribution in [0.3, 0.4) is 0 Å². The predicted molar refractivity (Wildman–Crippen MR) is 74.7 cm³/mol. The molecule has 0 aromatic carbocycles. The van der Waals surface area contributed by atoms with E-state index in [1.165, 1.54) is 0 Å². The molecule has 3 rings (SSSR count). The lowest BCUT2D eigenvalue weighted by atomic mass is 10.1. The Kier molecular flexibility index (Phi) is 3.17. The summed E-state index contributed by atoms with van der Waals surface area (Å²) < 4.78 is 5.18. The molecule has 0 saturated carbocycles. The van der Waals surface area contributed by atoms with Crippen LogP contribution in [-0.4, -0.2) is 59.1 Å². The van der Waals surface area contributed by atoms with E-state index in [1.807, 2.05) is 24.8 Å². The second-order valence-corrected chi connectivity index (χ2v) is 5.35. The number of fused-ring (bicyclic) bond motifs is 1. The molecule has 1 saturated heterocycles. The number of rotatable bonds is 1. The largest absolute Gasteiger partial charge is 0.336 e. The highest BCUT2D eigenvalue weighted by Crippen LogP contribution is 2.23. The summed E-state index contributed by atoms with van der Waals surface area (Å²) in [5.74, 6) is 0.0416. The van der Waals surface area contributed by atoms with E-state index >= 15 is 0 Å². The summed E-state index contributed by atoms with van der Waals surface area (Å²) in [6.45, 7) is 7.01. The van der Waals surface area contributed by atoms with Crippen LogP contribution in [0.4, 0.5) is 0 Å². The highest BCUT2D eigenvalue weighted by atomic mass is 16.5. The molecule has 3 heterocycles. The first kappa shape index (κ1) is 13.1. The fourth-order valence-electron chi connectivity index (χ4n) is 2.57. The van der Waals surface area contributed by atoms with Crippen molar-refractivity contribution in [1.29, 1.82) is 0 Å². The monoisotopic (exact) mass is 274 g/mol. The average Bonchev–Trinajstić information content (AvgIpc) is 2.79. The molecule has 0 atom stereocenters.